The fourth-order valence-electron chi connectivity index (χ4n) is 3.85. The molecule has 0 aliphatic heterocycles. The summed E-state index contributed by atoms with van der Waals surface area (Å²) in [7, 11) is 0. The first-order valence-electron chi connectivity index (χ1n) is 10.5. The zero-order valence-corrected chi connectivity index (χ0v) is 17.8. The van der Waals surface area contributed by atoms with Gasteiger partial charge in [0.1, 0.15) is 0 Å². The molecule has 0 radical (unpaired) electrons. The lowest BCUT2D eigenvalue weighted by molar-refractivity contribution is -0.137. The van der Waals surface area contributed by atoms with Crippen molar-refractivity contribution in [3.8, 4) is 0 Å². The number of carboxylic acid groups (broad SMARTS) is 1. The van der Waals surface area contributed by atoms with E-state index in [9.17, 15) is 15.0 Å². The van der Waals surface area contributed by atoms with E-state index in [0.717, 1.165) is 70.0 Å². The Kier molecular flexibility index (Phi) is 11.2. The van der Waals surface area contributed by atoms with E-state index in [-0.39, 0.29) is 24.0 Å². The Morgan fingerprint density at radius 2 is 1.85 bits per heavy atom. The molecule has 0 bridgehead atoms. The van der Waals surface area contributed by atoms with E-state index in [1.807, 2.05) is 11.8 Å². The summed E-state index contributed by atoms with van der Waals surface area (Å²) in [6, 6.07) is 0. The van der Waals surface area contributed by atoms with Gasteiger partial charge in [-0.15, -0.1) is 0 Å². The highest BCUT2D eigenvalue weighted by Crippen LogP contribution is 2.40. The maximum absolute atomic E-state index is 10.6. The molecule has 1 fully saturated rings. The second-order valence-corrected chi connectivity index (χ2v) is 9.91. The van der Waals surface area contributed by atoms with Gasteiger partial charge in [-0.2, -0.15) is 11.8 Å². The lowest BCUT2D eigenvalue weighted by Gasteiger charge is -2.32. The first-order chi connectivity index (χ1) is 12.3. The van der Waals surface area contributed by atoms with Crippen LogP contribution in [0.3, 0.4) is 0 Å². The predicted molar refractivity (Wildman–Crippen MR) is 110 cm³/mol. The minimum Gasteiger partial charge on any atom is -0.481 e. The van der Waals surface area contributed by atoms with Gasteiger partial charge in [0, 0.05) is 17.4 Å². The van der Waals surface area contributed by atoms with Gasteiger partial charge in [0.2, 0.25) is 0 Å². The topological polar surface area (TPSA) is 77.8 Å². The number of aliphatic carboxylic acids is 1. The fraction of sp³-hybridized carbons (Fsp3) is 0.952. The first kappa shape index (κ1) is 23.8. The molecule has 0 spiro atoms. The van der Waals surface area contributed by atoms with Gasteiger partial charge >= 0.3 is 5.97 Å². The minimum absolute atomic E-state index is 0.0418. The summed E-state index contributed by atoms with van der Waals surface area (Å²) < 4.78 is 0. The number of hydrogen-bond acceptors (Lipinski definition) is 4. The van der Waals surface area contributed by atoms with Crippen molar-refractivity contribution in [1.82, 2.24) is 0 Å². The molecule has 1 rings (SSSR count). The molecule has 0 aromatic heterocycles. The van der Waals surface area contributed by atoms with E-state index in [4.69, 9.17) is 5.11 Å². The van der Waals surface area contributed by atoms with Crippen LogP contribution in [-0.4, -0.2) is 44.5 Å². The fourth-order valence-corrected chi connectivity index (χ4v) is 5.59. The highest BCUT2D eigenvalue weighted by Gasteiger charge is 2.36. The van der Waals surface area contributed by atoms with Gasteiger partial charge in [0.15, 0.2) is 0 Å². The van der Waals surface area contributed by atoms with Crippen molar-refractivity contribution in [1.29, 1.82) is 0 Å². The first-order valence-corrected chi connectivity index (χ1v) is 11.5. The average molecular weight is 389 g/mol. The van der Waals surface area contributed by atoms with Gasteiger partial charge in [-0.3, -0.25) is 4.79 Å². The average Bonchev–Trinajstić information content (AvgIpc) is 2.93. The van der Waals surface area contributed by atoms with Crippen molar-refractivity contribution in [2.24, 2.45) is 11.3 Å². The Morgan fingerprint density at radius 1 is 1.15 bits per heavy atom. The number of rotatable bonds is 14. The standard InChI is InChI=1S/C21H40O4S/c1-4-5-14-21(2,3)19(23)15-26-18-13-12-17(22)16(18)10-8-6-7-9-11-20(24)25/h16-19,22-23H,4-15H2,1-3H3,(H,24,25). The third-order valence-electron chi connectivity index (χ3n) is 5.94. The molecule has 0 heterocycles. The van der Waals surface area contributed by atoms with Gasteiger partial charge in [-0.1, -0.05) is 52.9 Å². The van der Waals surface area contributed by atoms with E-state index in [1.165, 1.54) is 0 Å². The lowest BCUT2D eigenvalue weighted by Crippen LogP contribution is -2.32. The highest BCUT2D eigenvalue weighted by molar-refractivity contribution is 7.99. The van der Waals surface area contributed by atoms with E-state index in [0.29, 0.717) is 11.2 Å². The molecule has 0 aromatic carbocycles. The summed E-state index contributed by atoms with van der Waals surface area (Å²) in [4.78, 5) is 10.5. The van der Waals surface area contributed by atoms with Crippen LogP contribution in [-0.2, 0) is 4.79 Å². The Morgan fingerprint density at radius 3 is 2.50 bits per heavy atom. The molecular formula is C21H40O4S. The number of hydrogen-bond donors (Lipinski definition) is 3. The molecule has 26 heavy (non-hydrogen) atoms. The summed E-state index contributed by atoms with van der Waals surface area (Å²) in [6.45, 7) is 6.50. The van der Waals surface area contributed by atoms with Gasteiger partial charge in [0.25, 0.3) is 0 Å². The minimum atomic E-state index is -0.715. The van der Waals surface area contributed by atoms with Crippen LogP contribution in [0.2, 0.25) is 0 Å². The van der Waals surface area contributed by atoms with Crippen LogP contribution in [0.4, 0.5) is 0 Å². The Balaban J connectivity index is 2.32. The summed E-state index contributed by atoms with van der Waals surface area (Å²) in [6.07, 6.45) is 9.85. The van der Waals surface area contributed by atoms with E-state index in [2.05, 4.69) is 20.8 Å². The van der Waals surface area contributed by atoms with E-state index < -0.39 is 5.97 Å². The summed E-state index contributed by atoms with van der Waals surface area (Å²) in [5.41, 5.74) is -0.0418. The molecule has 0 aromatic rings. The van der Waals surface area contributed by atoms with Crippen molar-refractivity contribution in [3.63, 3.8) is 0 Å². The monoisotopic (exact) mass is 388 g/mol. The molecule has 4 nitrogen and oxygen atoms in total. The van der Waals surface area contributed by atoms with Crippen LogP contribution >= 0.6 is 11.8 Å². The number of aliphatic hydroxyl groups excluding tert-OH is 2. The third kappa shape index (κ3) is 8.62. The van der Waals surface area contributed by atoms with Crippen LogP contribution in [0.15, 0.2) is 0 Å². The van der Waals surface area contributed by atoms with E-state index in [1.54, 1.807) is 0 Å². The summed E-state index contributed by atoms with van der Waals surface area (Å²) >= 11 is 1.85. The Hall–Kier alpha value is -0.260. The van der Waals surface area contributed by atoms with Crippen LogP contribution in [0.25, 0.3) is 0 Å². The van der Waals surface area contributed by atoms with Gasteiger partial charge < -0.3 is 15.3 Å². The summed E-state index contributed by atoms with van der Waals surface area (Å²) in [5.74, 6) is 0.363. The normalized spacial score (nSPS) is 24.7. The lowest BCUT2D eigenvalue weighted by atomic mass is 9.82. The largest absolute Gasteiger partial charge is 0.481 e. The number of thioether (sulfide) groups is 1. The van der Waals surface area contributed by atoms with Gasteiger partial charge in [0.05, 0.1) is 12.2 Å². The van der Waals surface area contributed by atoms with Crippen molar-refractivity contribution in [3.05, 3.63) is 0 Å². The van der Waals surface area contributed by atoms with Crippen LogP contribution < -0.4 is 0 Å². The SMILES string of the molecule is CCCCC(C)(C)C(O)CSC1CCC(O)C1CCCCCCC(=O)O. The molecule has 3 N–H and O–H groups in total. The predicted octanol–water partition coefficient (Wildman–Crippen LogP) is 4.86. The van der Waals surface area contributed by atoms with Crippen molar-refractivity contribution in [2.75, 3.05) is 5.75 Å². The van der Waals surface area contributed by atoms with Gasteiger partial charge in [-0.05, 0) is 43.4 Å². The highest BCUT2D eigenvalue weighted by atomic mass is 32.2. The molecule has 5 heteroatoms. The quantitative estimate of drug-likeness (QED) is 0.370. The smallest absolute Gasteiger partial charge is 0.303 e. The molecule has 154 valence electrons. The van der Waals surface area contributed by atoms with Crippen molar-refractivity contribution < 1.29 is 20.1 Å². The molecule has 4 atom stereocenters. The Bertz CT molecular complexity index is 399. The van der Waals surface area contributed by atoms with Crippen LogP contribution in [0.5, 0.6) is 0 Å². The molecule has 1 aliphatic rings. The van der Waals surface area contributed by atoms with Crippen LogP contribution in [0, 0.1) is 11.3 Å². The molecular weight excluding hydrogens is 348 g/mol. The second-order valence-electron chi connectivity index (χ2n) is 8.63. The van der Waals surface area contributed by atoms with Crippen LogP contribution in [0.1, 0.15) is 91.4 Å². The number of unbranched alkanes of at least 4 members (excludes halogenated alkanes) is 4. The zero-order valence-electron chi connectivity index (χ0n) is 17.0. The molecule has 0 saturated heterocycles. The number of aliphatic hydroxyl groups is 2. The second kappa shape index (κ2) is 12.2. The molecule has 1 aliphatic carbocycles. The molecule has 1 saturated carbocycles. The van der Waals surface area contributed by atoms with Crippen molar-refractivity contribution in [2.45, 2.75) is 109 Å². The summed E-state index contributed by atoms with van der Waals surface area (Å²) in [5, 5.41) is 30.0. The molecule has 4 unspecified atom stereocenters. The van der Waals surface area contributed by atoms with E-state index >= 15 is 0 Å². The zero-order chi connectivity index (χ0) is 19.6. The van der Waals surface area contributed by atoms with Gasteiger partial charge in [-0.25, -0.2) is 0 Å². The van der Waals surface area contributed by atoms with Crippen molar-refractivity contribution >= 4 is 17.7 Å². The maximum Gasteiger partial charge on any atom is 0.303 e. The Labute approximate surface area is 164 Å². The maximum atomic E-state index is 10.6. The third-order valence-corrected chi connectivity index (χ3v) is 7.46. The molecule has 0 amide bonds. The number of carbonyl (C=O) groups is 1. The number of carboxylic acids is 1.